The van der Waals surface area contributed by atoms with Gasteiger partial charge in [-0.15, -0.1) is 0 Å². The number of piperazine rings is 1. The third kappa shape index (κ3) is 4.23. The van der Waals surface area contributed by atoms with Crippen LogP contribution in [0, 0.1) is 5.92 Å². The molecule has 1 aromatic rings. The summed E-state index contributed by atoms with van der Waals surface area (Å²) >= 11 is 6.06. The molecular formula is C19H26ClN3O. The minimum atomic E-state index is 0.0121. The molecule has 2 amide bonds. The van der Waals surface area contributed by atoms with E-state index in [2.05, 4.69) is 23.2 Å². The number of allylic oxidation sites excluding steroid dienone is 1. The van der Waals surface area contributed by atoms with Crippen molar-refractivity contribution in [2.24, 2.45) is 5.92 Å². The zero-order valence-corrected chi connectivity index (χ0v) is 15.1. The fourth-order valence-electron chi connectivity index (χ4n) is 3.61. The van der Waals surface area contributed by atoms with E-state index in [1.807, 2.05) is 29.3 Å². The molecule has 2 aliphatic rings. The van der Waals surface area contributed by atoms with Crippen LogP contribution in [0.3, 0.4) is 0 Å². The Hall–Kier alpha value is -1.68. The first-order valence-electron chi connectivity index (χ1n) is 8.86. The van der Waals surface area contributed by atoms with Gasteiger partial charge in [0, 0.05) is 43.1 Å². The van der Waals surface area contributed by atoms with Gasteiger partial charge in [0.25, 0.3) is 0 Å². The largest absolute Gasteiger partial charge is 0.368 e. The number of rotatable bonds is 3. The zero-order valence-electron chi connectivity index (χ0n) is 14.3. The van der Waals surface area contributed by atoms with Crippen molar-refractivity contribution in [3.05, 3.63) is 41.1 Å². The van der Waals surface area contributed by atoms with Gasteiger partial charge in [-0.3, -0.25) is 0 Å². The Kier molecular flexibility index (Phi) is 5.67. The van der Waals surface area contributed by atoms with Crippen LogP contribution in [0.1, 0.15) is 32.6 Å². The third-order valence-corrected chi connectivity index (χ3v) is 5.40. The number of urea groups is 1. The molecule has 3 rings (SSSR count). The van der Waals surface area contributed by atoms with E-state index in [0.717, 1.165) is 36.9 Å². The molecule has 1 heterocycles. The first kappa shape index (κ1) is 17.2. The van der Waals surface area contributed by atoms with Gasteiger partial charge in [-0.1, -0.05) is 36.1 Å². The quantitative estimate of drug-likeness (QED) is 0.886. The predicted molar refractivity (Wildman–Crippen MR) is 99.5 cm³/mol. The Bertz CT molecular complexity index is 602. The molecule has 24 heavy (non-hydrogen) atoms. The maximum atomic E-state index is 12.3. The van der Waals surface area contributed by atoms with Gasteiger partial charge < -0.3 is 15.1 Å². The highest BCUT2D eigenvalue weighted by Crippen LogP contribution is 2.30. The van der Waals surface area contributed by atoms with Crippen molar-refractivity contribution >= 4 is 23.3 Å². The highest BCUT2D eigenvalue weighted by molar-refractivity contribution is 6.30. The van der Waals surface area contributed by atoms with E-state index in [4.69, 9.17) is 11.6 Å². The molecule has 0 spiro atoms. The second kappa shape index (κ2) is 7.93. The van der Waals surface area contributed by atoms with Crippen molar-refractivity contribution in [1.82, 2.24) is 10.2 Å². The van der Waals surface area contributed by atoms with Crippen LogP contribution in [0.2, 0.25) is 5.02 Å². The van der Waals surface area contributed by atoms with E-state index < -0.39 is 0 Å². The fourth-order valence-corrected chi connectivity index (χ4v) is 3.79. The molecule has 2 fully saturated rings. The van der Waals surface area contributed by atoms with E-state index in [9.17, 15) is 4.79 Å². The van der Waals surface area contributed by atoms with Crippen molar-refractivity contribution in [3.63, 3.8) is 0 Å². The SMILES string of the molecule is C/C(=C\NC(=O)N1CCN(c2cccc(Cl)c2)CC1)C1CCCC1. The Labute approximate surface area is 149 Å². The van der Waals surface area contributed by atoms with Crippen LogP contribution in [0.15, 0.2) is 36.0 Å². The molecule has 0 unspecified atom stereocenters. The number of benzene rings is 1. The van der Waals surface area contributed by atoms with Crippen LogP contribution in [0.5, 0.6) is 0 Å². The maximum absolute atomic E-state index is 12.3. The molecule has 0 radical (unpaired) electrons. The molecule has 4 nitrogen and oxygen atoms in total. The average Bonchev–Trinajstić information content (AvgIpc) is 3.14. The Morgan fingerprint density at radius 2 is 1.92 bits per heavy atom. The molecule has 1 N–H and O–H groups in total. The van der Waals surface area contributed by atoms with Crippen LogP contribution in [-0.4, -0.2) is 37.1 Å². The summed E-state index contributed by atoms with van der Waals surface area (Å²) < 4.78 is 0. The van der Waals surface area contributed by atoms with Crippen LogP contribution in [0.4, 0.5) is 10.5 Å². The minimum absolute atomic E-state index is 0.0121. The Balaban J connectivity index is 1.49. The number of carbonyl (C=O) groups is 1. The van der Waals surface area contributed by atoms with Gasteiger partial charge in [0.2, 0.25) is 0 Å². The number of nitrogens with zero attached hydrogens (tertiary/aromatic N) is 2. The molecule has 0 atom stereocenters. The van der Waals surface area contributed by atoms with Gasteiger partial charge in [-0.05, 0) is 43.9 Å². The van der Waals surface area contributed by atoms with E-state index in [-0.39, 0.29) is 6.03 Å². The summed E-state index contributed by atoms with van der Waals surface area (Å²) in [6.07, 6.45) is 7.07. The second-order valence-corrected chi connectivity index (χ2v) is 7.21. The highest BCUT2D eigenvalue weighted by atomic mass is 35.5. The van der Waals surface area contributed by atoms with Crippen molar-refractivity contribution in [2.45, 2.75) is 32.6 Å². The molecule has 1 saturated heterocycles. The molecular weight excluding hydrogens is 322 g/mol. The second-order valence-electron chi connectivity index (χ2n) is 6.77. The third-order valence-electron chi connectivity index (χ3n) is 5.16. The van der Waals surface area contributed by atoms with Gasteiger partial charge >= 0.3 is 6.03 Å². The van der Waals surface area contributed by atoms with Crippen molar-refractivity contribution in [1.29, 1.82) is 0 Å². The Morgan fingerprint density at radius 1 is 1.21 bits per heavy atom. The molecule has 0 aromatic heterocycles. The summed E-state index contributed by atoms with van der Waals surface area (Å²) in [4.78, 5) is 16.5. The summed E-state index contributed by atoms with van der Waals surface area (Å²) in [5.74, 6) is 0.657. The number of carbonyl (C=O) groups excluding carboxylic acids is 1. The molecule has 1 aromatic carbocycles. The lowest BCUT2D eigenvalue weighted by molar-refractivity contribution is 0.198. The first-order valence-corrected chi connectivity index (χ1v) is 9.24. The zero-order chi connectivity index (χ0) is 16.9. The summed E-state index contributed by atoms with van der Waals surface area (Å²) in [6, 6.07) is 7.90. The number of hydrogen-bond acceptors (Lipinski definition) is 2. The lowest BCUT2D eigenvalue weighted by Crippen LogP contribution is -2.51. The van der Waals surface area contributed by atoms with E-state index in [0.29, 0.717) is 5.92 Å². The number of anilines is 1. The monoisotopic (exact) mass is 347 g/mol. The normalized spacial score (nSPS) is 19.7. The van der Waals surface area contributed by atoms with Gasteiger partial charge in [-0.2, -0.15) is 0 Å². The molecule has 0 bridgehead atoms. The van der Waals surface area contributed by atoms with Gasteiger partial charge in [0.05, 0.1) is 0 Å². The summed E-state index contributed by atoms with van der Waals surface area (Å²) in [5.41, 5.74) is 2.43. The molecule has 1 aliphatic heterocycles. The minimum Gasteiger partial charge on any atom is -0.368 e. The van der Waals surface area contributed by atoms with Crippen LogP contribution < -0.4 is 10.2 Å². The summed E-state index contributed by atoms with van der Waals surface area (Å²) in [7, 11) is 0. The van der Waals surface area contributed by atoms with Crippen LogP contribution in [-0.2, 0) is 0 Å². The van der Waals surface area contributed by atoms with E-state index in [1.54, 1.807) is 0 Å². The van der Waals surface area contributed by atoms with Crippen molar-refractivity contribution in [3.8, 4) is 0 Å². The first-order chi connectivity index (χ1) is 11.6. The van der Waals surface area contributed by atoms with E-state index >= 15 is 0 Å². The number of nitrogens with one attached hydrogen (secondary N) is 1. The molecule has 1 saturated carbocycles. The number of hydrogen-bond donors (Lipinski definition) is 1. The standard InChI is InChI=1S/C19H26ClN3O/c1-15(16-5-2-3-6-16)14-21-19(24)23-11-9-22(10-12-23)18-8-4-7-17(20)13-18/h4,7-8,13-14,16H,2-3,5-6,9-12H2,1H3,(H,21,24)/b15-14+. The fraction of sp³-hybridized carbons (Fsp3) is 0.526. The van der Waals surface area contributed by atoms with Gasteiger partial charge in [0.1, 0.15) is 0 Å². The topological polar surface area (TPSA) is 35.6 Å². The Morgan fingerprint density at radius 3 is 2.58 bits per heavy atom. The predicted octanol–water partition coefficient (Wildman–Crippen LogP) is 4.27. The number of halogens is 1. The van der Waals surface area contributed by atoms with Crippen molar-refractivity contribution < 1.29 is 4.79 Å². The van der Waals surface area contributed by atoms with Gasteiger partial charge in [-0.25, -0.2) is 4.79 Å². The highest BCUT2D eigenvalue weighted by Gasteiger charge is 2.21. The average molecular weight is 348 g/mol. The smallest absolute Gasteiger partial charge is 0.321 e. The summed E-state index contributed by atoms with van der Waals surface area (Å²) in [5, 5.41) is 3.73. The lowest BCUT2D eigenvalue weighted by Gasteiger charge is -2.36. The van der Waals surface area contributed by atoms with Gasteiger partial charge in [0.15, 0.2) is 0 Å². The van der Waals surface area contributed by atoms with E-state index in [1.165, 1.54) is 31.3 Å². The maximum Gasteiger partial charge on any atom is 0.321 e. The molecule has 5 heteroatoms. The van der Waals surface area contributed by atoms with Crippen LogP contribution in [0.25, 0.3) is 0 Å². The molecule has 1 aliphatic carbocycles. The summed E-state index contributed by atoms with van der Waals surface area (Å²) in [6.45, 7) is 5.26. The molecule has 130 valence electrons. The van der Waals surface area contributed by atoms with Crippen LogP contribution >= 0.6 is 11.6 Å². The number of amides is 2. The lowest BCUT2D eigenvalue weighted by atomic mass is 10.0. The van der Waals surface area contributed by atoms with Crippen molar-refractivity contribution in [2.75, 3.05) is 31.1 Å².